The fourth-order valence-corrected chi connectivity index (χ4v) is 4.09. The van der Waals surface area contributed by atoms with Gasteiger partial charge in [0.2, 0.25) is 11.8 Å². The highest BCUT2D eigenvalue weighted by atomic mass is 16.5. The van der Waals surface area contributed by atoms with Crippen LogP contribution in [0.1, 0.15) is 46.0 Å². The Kier molecular flexibility index (Phi) is 9.15. The molecule has 2 N–H and O–H groups in total. The zero-order valence-electron chi connectivity index (χ0n) is 19.1. The van der Waals surface area contributed by atoms with Crippen molar-refractivity contribution < 1.29 is 14.3 Å². The summed E-state index contributed by atoms with van der Waals surface area (Å²) < 4.78 is 5.35. The van der Waals surface area contributed by atoms with E-state index in [2.05, 4.69) is 39.5 Å². The molecule has 1 aromatic rings. The molecule has 1 unspecified atom stereocenters. The van der Waals surface area contributed by atoms with Crippen molar-refractivity contribution in [1.29, 1.82) is 0 Å². The molecule has 172 valence electrons. The Hall–Kier alpha value is -2.12. The Morgan fingerprint density at radius 1 is 1.03 bits per heavy atom. The zero-order chi connectivity index (χ0) is 22.1. The van der Waals surface area contributed by atoms with Gasteiger partial charge in [-0.3, -0.25) is 14.5 Å². The number of amides is 2. The Labute approximate surface area is 186 Å². The standard InChI is InChI=1S/C24H38N4O3/c1-19-9-13-28(14-10-19)22-5-3-21(4-6-22)26-24(30)8-7-23(29)25-20(2)11-12-27-15-17-31-18-16-27/h3-6,19-20H,7-18H2,1-2H3,(H,25,29)(H,26,30). The lowest BCUT2D eigenvalue weighted by Gasteiger charge is -2.32. The predicted molar refractivity (Wildman–Crippen MR) is 124 cm³/mol. The maximum atomic E-state index is 12.2. The molecule has 0 spiro atoms. The van der Waals surface area contributed by atoms with Crippen molar-refractivity contribution in [2.45, 2.75) is 52.0 Å². The monoisotopic (exact) mass is 430 g/mol. The fourth-order valence-electron chi connectivity index (χ4n) is 4.09. The van der Waals surface area contributed by atoms with Crippen LogP contribution in [0, 0.1) is 5.92 Å². The minimum absolute atomic E-state index is 0.0701. The topological polar surface area (TPSA) is 73.9 Å². The van der Waals surface area contributed by atoms with Crippen LogP contribution in [-0.4, -0.2) is 68.7 Å². The minimum Gasteiger partial charge on any atom is -0.379 e. The van der Waals surface area contributed by atoms with E-state index in [0.29, 0.717) is 0 Å². The molecule has 2 aliphatic heterocycles. The number of anilines is 2. The van der Waals surface area contributed by atoms with Gasteiger partial charge in [0.15, 0.2) is 0 Å². The molecule has 1 aromatic carbocycles. The number of hydrogen-bond acceptors (Lipinski definition) is 5. The normalized spacial score (nSPS) is 19.1. The number of piperidine rings is 1. The fraction of sp³-hybridized carbons (Fsp3) is 0.667. The summed E-state index contributed by atoms with van der Waals surface area (Å²) in [6.45, 7) is 11.0. The van der Waals surface area contributed by atoms with E-state index in [1.807, 2.05) is 19.1 Å². The van der Waals surface area contributed by atoms with Crippen molar-refractivity contribution >= 4 is 23.2 Å². The van der Waals surface area contributed by atoms with Crippen LogP contribution in [0.4, 0.5) is 11.4 Å². The van der Waals surface area contributed by atoms with Crippen molar-refractivity contribution in [3.05, 3.63) is 24.3 Å². The van der Waals surface area contributed by atoms with Crippen LogP contribution < -0.4 is 15.5 Å². The quantitative estimate of drug-likeness (QED) is 0.630. The summed E-state index contributed by atoms with van der Waals surface area (Å²) in [5.41, 5.74) is 1.98. The van der Waals surface area contributed by atoms with Gasteiger partial charge in [0.1, 0.15) is 0 Å². The van der Waals surface area contributed by atoms with Gasteiger partial charge in [0.25, 0.3) is 0 Å². The van der Waals surface area contributed by atoms with Crippen molar-refractivity contribution in [3.63, 3.8) is 0 Å². The Morgan fingerprint density at radius 3 is 2.35 bits per heavy atom. The van der Waals surface area contributed by atoms with Crippen LogP contribution in [0.2, 0.25) is 0 Å². The molecule has 0 radical (unpaired) electrons. The molecular weight excluding hydrogens is 392 g/mol. The van der Waals surface area contributed by atoms with Crippen LogP contribution in [0.25, 0.3) is 0 Å². The smallest absolute Gasteiger partial charge is 0.224 e. The molecule has 7 nitrogen and oxygen atoms in total. The maximum absolute atomic E-state index is 12.2. The molecule has 2 saturated heterocycles. The number of morpholine rings is 1. The number of rotatable bonds is 9. The van der Waals surface area contributed by atoms with Gasteiger partial charge >= 0.3 is 0 Å². The first-order valence-corrected chi connectivity index (χ1v) is 11.7. The zero-order valence-corrected chi connectivity index (χ0v) is 19.1. The number of ether oxygens (including phenoxy) is 1. The molecule has 2 heterocycles. The molecule has 0 bridgehead atoms. The first kappa shape index (κ1) is 23.5. The molecule has 2 fully saturated rings. The summed E-state index contributed by atoms with van der Waals surface area (Å²) in [4.78, 5) is 29.2. The first-order chi connectivity index (χ1) is 15.0. The summed E-state index contributed by atoms with van der Waals surface area (Å²) in [5.74, 6) is 0.606. The van der Waals surface area contributed by atoms with Gasteiger partial charge < -0.3 is 20.3 Å². The van der Waals surface area contributed by atoms with Gasteiger partial charge in [0, 0.05) is 63.0 Å². The number of nitrogens with one attached hydrogen (secondary N) is 2. The Balaban J connectivity index is 1.32. The van der Waals surface area contributed by atoms with E-state index >= 15 is 0 Å². The number of nitrogens with zero attached hydrogens (tertiary/aromatic N) is 2. The van der Waals surface area contributed by atoms with Gasteiger partial charge in [-0.15, -0.1) is 0 Å². The number of carbonyl (C=O) groups is 2. The van der Waals surface area contributed by atoms with Crippen molar-refractivity contribution in [2.24, 2.45) is 5.92 Å². The second kappa shape index (κ2) is 12.1. The predicted octanol–water partition coefficient (Wildman–Crippen LogP) is 2.87. The molecular formula is C24H38N4O3. The molecule has 2 aliphatic rings. The molecule has 1 atom stereocenters. The summed E-state index contributed by atoms with van der Waals surface area (Å²) >= 11 is 0. The third-order valence-corrected chi connectivity index (χ3v) is 6.27. The van der Waals surface area contributed by atoms with Crippen LogP contribution in [-0.2, 0) is 14.3 Å². The van der Waals surface area contributed by atoms with E-state index in [-0.39, 0.29) is 30.7 Å². The van der Waals surface area contributed by atoms with E-state index in [1.165, 1.54) is 18.5 Å². The van der Waals surface area contributed by atoms with Crippen molar-refractivity contribution in [2.75, 3.05) is 56.2 Å². The number of carbonyl (C=O) groups excluding carboxylic acids is 2. The van der Waals surface area contributed by atoms with Crippen LogP contribution in [0.3, 0.4) is 0 Å². The average Bonchev–Trinajstić information content (AvgIpc) is 2.78. The van der Waals surface area contributed by atoms with E-state index < -0.39 is 0 Å². The Bertz CT molecular complexity index is 695. The van der Waals surface area contributed by atoms with Crippen LogP contribution in [0.5, 0.6) is 0 Å². The third-order valence-electron chi connectivity index (χ3n) is 6.27. The van der Waals surface area contributed by atoms with E-state index in [1.54, 1.807) is 0 Å². The average molecular weight is 431 g/mol. The third kappa shape index (κ3) is 8.15. The largest absolute Gasteiger partial charge is 0.379 e. The van der Waals surface area contributed by atoms with Crippen LogP contribution in [0.15, 0.2) is 24.3 Å². The van der Waals surface area contributed by atoms with E-state index in [4.69, 9.17) is 4.74 Å². The van der Waals surface area contributed by atoms with E-state index in [0.717, 1.165) is 64.0 Å². The highest BCUT2D eigenvalue weighted by Gasteiger charge is 2.16. The summed E-state index contributed by atoms with van der Waals surface area (Å²) in [7, 11) is 0. The Morgan fingerprint density at radius 2 is 1.68 bits per heavy atom. The molecule has 3 rings (SSSR count). The highest BCUT2D eigenvalue weighted by molar-refractivity contribution is 5.93. The van der Waals surface area contributed by atoms with Gasteiger partial charge in [-0.25, -0.2) is 0 Å². The van der Waals surface area contributed by atoms with E-state index in [9.17, 15) is 9.59 Å². The summed E-state index contributed by atoms with van der Waals surface area (Å²) in [6.07, 6.45) is 3.75. The second-order valence-corrected chi connectivity index (χ2v) is 8.98. The molecule has 0 aliphatic carbocycles. The molecule has 7 heteroatoms. The van der Waals surface area contributed by atoms with Gasteiger partial charge in [0.05, 0.1) is 13.2 Å². The van der Waals surface area contributed by atoms with Gasteiger partial charge in [-0.2, -0.15) is 0 Å². The molecule has 0 saturated carbocycles. The second-order valence-electron chi connectivity index (χ2n) is 8.98. The lowest BCUT2D eigenvalue weighted by Crippen LogP contribution is -2.40. The van der Waals surface area contributed by atoms with Crippen molar-refractivity contribution in [1.82, 2.24) is 10.2 Å². The molecule has 31 heavy (non-hydrogen) atoms. The first-order valence-electron chi connectivity index (χ1n) is 11.7. The maximum Gasteiger partial charge on any atom is 0.224 e. The number of hydrogen-bond donors (Lipinski definition) is 2. The SMILES string of the molecule is CC1CCN(c2ccc(NC(=O)CCC(=O)NC(C)CCN3CCOCC3)cc2)CC1. The summed E-state index contributed by atoms with van der Waals surface area (Å²) in [5, 5.41) is 5.90. The minimum atomic E-state index is -0.129. The molecule has 0 aromatic heterocycles. The molecule has 2 amide bonds. The number of benzene rings is 1. The van der Waals surface area contributed by atoms with Gasteiger partial charge in [-0.1, -0.05) is 6.92 Å². The highest BCUT2D eigenvalue weighted by Crippen LogP contribution is 2.24. The summed E-state index contributed by atoms with van der Waals surface area (Å²) in [6, 6.07) is 8.12. The lowest BCUT2D eigenvalue weighted by molar-refractivity contribution is -0.124. The lowest BCUT2D eigenvalue weighted by atomic mass is 9.99. The van der Waals surface area contributed by atoms with Crippen molar-refractivity contribution in [3.8, 4) is 0 Å². The van der Waals surface area contributed by atoms with Gasteiger partial charge in [-0.05, 0) is 56.4 Å². The van der Waals surface area contributed by atoms with Crippen LogP contribution >= 0.6 is 0 Å².